The smallest absolute Gasteiger partial charge is 0.226 e. The van der Waals surface area contributed by atoms with Crippen LogP contribution in [0.25, 0.3) is 0 Å². The van der Waals surface area contributed by atoms with Gasteiger partial charge in [-0.05, 0) is 24.1 Å². The molecule has 24 heavy (non-hydrogen) atoms. The van der Waals surface area contributed by atoms with Gasteiger partial charge in [-0.2, -0.15) is 0 Å². The summed E-state index contributed by atoms with van der Waals surface area (Å²) < 4.78 is 0. The zero-order valence-corrected chi connectivity index (χ0v) is 14.2. The van der Waals surface area contributed by atoms with E-state index in [1.54, 1.807) is 0 Å². The van der Waals surface area contributed by atoms with Gasteiger partial charge in [-0.25, -0.2) is 0 Å². The average Bonchev–Trinajstić information content (AvgIpc) is 2.63. The van der Waals surface area contributed by atoms with Crippen molar-refractivity contribution in [3.05, 3.63) is 47.0 Å². The number of nitrogens with zero attached hydrogens (tertiary/aromatic N) is 2. The van der Waals surface area contributed by atoms with Crippen LogP contribution in [0.4, 0.5) is 0 Å². The second-order valence-electron chi connectivity index (χ2n) is 6.58. The largest absolute Gasteiger partial charge is 0.392 e. The first kappa shape index (κ1) is 17.1. The minimum absolute atomic E-state index is 0.0819. The number of nitrogens with one attached hydrogen (secondary N) is 1. The second-order valence-corrected chi connectivity index (χ2v) is 6.58. The summed E-state index contributed by atoms with van der Waals surface area (Å²) in [6.45, 7) is 6.18. The highest BCUT2D eigenvalue weighted by molar-refractivity contribution is 5.78. The molecule has 2 aliphatic rings. The van der Waals surface area contributed by atoms with Gasteiger partial charge in [-0.15, -0.1) is 0 Å². The van der Waals surface area contributed by atoms with Crippen LogP contribution >= 0.6 is 0 Å². The van der Waals surface area contributed by atoms with Gasteiger partial charge in [0.2, 0.25) is 5.91 Å². The van der Waals surface area contributed by atoms with Crippen molar-refractivity contribution in [1.29, 1.82) is 0 Å². The van der Waals surface area contributed by atoms with Gasteiger partial charge in [0, 0.05) is 45.7 Å². The number of aliphatic hydroxyl groups is 1. The lowest BCUT2D eigenvalue weighted by Crippen LogP contribution is -2.48. The Balaban J connectivity index is 1.48. The standard InChI is InChI=1S/C19H27N3O2/c23-15-18-4-2-1-3-17(18)14-21-9-11-22(12-10-21)19(24)13-16-5-7-20-8-6-16/h1-5,20,23H,6-15H2. The second kappa shape index (κ2) is 8.42. The van der Waals surface area contributed by atoms with E-state index < -0.39 is 0 Å². The predicted octanol–water partition coefficient (Wildman–Crippen LogP) is 1.13. The Hall–Kier alpha value is -1.69. The lowest BCUT2D eigenvalue weighted by molar-refractivity contribution is -0.132. The van der Waals surface area contributed by atoms with Gasteiger partial charge in [0.05, 0.1) is 6.61 Å². The maximum absolute atomic E-state index is 12.4. The summed E-state index contributed by atoms with van der Waals surface area (Å²) in [6, 6.07) is 8.02. The van der Waals surface area contributed by atoms with E-state index in [1.807, 2.05) is 23.1 Å². The van der Waals surface area contributed by atoms with Crippen LogP contribution < -0.4 is 5.32 Å². The van der Waals surface area contributed by atoms with Crippen LogP contribution in [0.15, 0.2) is 35.9 Å². The molecule has 5 heteroatoms. The van der Waals surface area contributed by atoms with E-state index in [0.29, 0.717) is 6.42 Å². The summed E-state index contributed by atoms with van der Waals surface area (Å²) >= 11 is 0. The number of carbonyl (C=O) groups is 1. The van der Waals surface area contributed by atoms with E-state index in [-0.39, 0.29) is 12.5 Å². The van der Waals surface area contributed by atoms with E-state index in [0.717, 1.165) is 57.8 Å². The molecule has 0 aromatic heterocycles. The van der Waals surface area contributed by atoms with Gasteiger partial charge < -0.3 is 15.3 Å². The molecule has 0 saturated carbocycles. The number of benzene rings is 1. The Morgan fingerprint density at radius 2 is 1.88 bits per heavy atom. The molecule has 1 aromatic carbocycles. The van der Waals surface area contributed by atoms with Crippen molar-refractivity contribution in [2.24, 2.45) is 0 Å². The van der Waals surface area contributed by atoms with Crippen LogP contribution in [0.2, 0.25) is 0 Å². The highest BCUT2D eigenvalue weighted by atomic mass is 16.3. The van der Waals surface area contributed by atoms with Gasteiger partial charge in [0.1, 0.15) is 0 Å². The molecule has 130 valence electrons. The van der Waals surface area contributed by atoms with Crippen molar-refractivity contribution in [3.8, 4) is 0 Å². The molecule has 0 atom stereocenters. The van der Waals surface area contributed by atoms with Crippen LogP contribution in [0.5, 0.6) is 0 Å². The lowest BCUT2D eigenvalue weighted by Gasteiger charge is -2.35. The number of hydrogen-bond acceptors (Lipinski definition) is 4. The molecule has 2 heterocycles. The highest BCUT2D eigenvalue weighted by Gasteiger charge is 2.22. The zero-order chi connectivity index (χ0) is 16.8. The number of rotatable bonds is 5. The van der Waals surface area contributed by atoms with E-state index >= 15 is 0 Å². The minimum atomic E-state index is 0.0819. The van der Waals surface area contributed by atoms with Gasteiger partial charge >= 0.3 is 0 Å². The number of aliphatic hydroxyl groups excluding tert-OH is 1. The molecule has 1 fully saturated rings. The molecule has 0 radical (unpaired) electrons. The summed E-state index contributed by atoms with van der Waals surface area (Å²) in [5.74, 6) is 0.263. The molecule has 1 aromatic rings. The number of hydrogen-bond donors (Lipinski definition) is 2. The summed E-state index contributed by atoms with van der Waals surface area (Å²) in [4.78, 5) is 16.8. The first-order valence-corrected chi connectivity index (χ1v) is 8.82. The monoisotopic (exact) mass is 329 g/mol. The Labute approximate surface area is 143 Å². The van der Waals surface area contributed by atoms with Crippen LogP contribution in [0.3, 0.4) is 0 Å². The molecule has 5 nitrogen and oxygen atoms in total. The topological polar surface area (TPSA) is 55.8 Å². The van der Waals surface area contributed by atoms with Gasteiger partial charge in [0.25, 0.3) is 0 Å². The van der Waals surface area contributed by atoms with Crippen molar-refractivity contribution >= 4 is 5.91 Å². The SMILES string of the molecule is O=C(CC1=CCNCC1)N1CCN(Cc2ccccc2CO)CC1. The van der Waals surface area contributed by atoms with Crippen LogP contribution in [0.1, 0.15) is 24.0 Å². The third-order valence-electron chi connectivity index (χ3n) is 4.94. The van der Waals surface area contributed by atoms with Gasteiger partial charge in [-0.3, -0.25) is 9.69 Å². The summed E-state index contributed by atoms with van der Waals surface area (Å²) in [6.07, 6.45) is 3.72. The zero-order valence-electron chi connectivity index (χ0n) is 14.2. The molecule has 0 unspecified atom stereocenters. The molecular formula is C19H27N3O2. The quantitative estimate of drug-likeness (QED) is 0.795. The summed E-state index contributed by atoms with van der Waals surface area (Å²) in [5.41, 5.74) is 3.45. The van der Waals surface area contributed by atoms with Crippen LogP contribution in [-0.4, -0.2) is 60.1 Å². The van der Waals surface area contributed by atoms with Gasteiger partial charge in [0.15, 0.2) is 0 Å². The molecule has 0 aliphatic carbocycles. The molecule has 3 rings (SSSR count). The van der Waals surface area contributed by atoms with Gasteiger partial charge in [-0.1, -0.05) is 35.9 Å². The fourth-order valence-electron chi connectivity index (χ4n) is 3.40. The summed E-state index contributed by atoms with van der Waals surface area (Å²) in [5, 5.41) is 12.7. The third-order valence-corrected chi connectivity index (χ3v) is 4.94. The minimum Gasteiger partial charge on any atom is -0.392 e. The maximum Gasteiger partial charge on any atom is 0.226 e. The van der Waals surface area contributed by atoms with E-state index in [2.05, 4.69) is 22.4 Å². The fraction of sp³-hybridized carbons (Fsp3) is 0.526. The fourth-order valence-corrected chi connectivity index (χ4v) is 3.40. The Bertz CT molecular complexity index is 592. The first-order chi connectivity index (χ1) is 11.8. The van der Waals surface area contributed by atoms with Crippen molar-refractivity contribution in [3.63, 3.8) is 0 Å². The highest BCUT2D eigenvalue weighted by Crippen LogP contribution is 2.16. The third kappa shape index (κ3) is 4.44. The molecule has 1 amide bonds. The molecule has 2 aliphatic heterocycles. The van der Waals surface area contributed by atoms with E-state index in [4.69, 9.17) is 0 Å². The molecule has 1 saturated heterocycles. The maximum atomic E-state index is 12.4. The average molecular weight is 329 g/mol. The Morgan fingerprint density at radius 3 is 2.54 bits per heavy atom. The molecular weight excluding hydrogens is 302 g/mol. The number of amides is 1. The number of piperazine rings is 1. The Morgan fingerprint density at radius 1 is 1.12 bits per heavy atom. The van der Waals surface area contributed by atoms with Crippen LogP contribution in [0, 0.1) is 0 Å². The Kier molecular flexibility index (Phi) is 6.01. The normalized spacial score (nSPS) is 19.2. The van der Waals surface area contributed by atoms with Crippen molar-refractivity contribution in [2.75, 3.05) is 39.3 Å². The number of carbonyl (C=O) groups excluding carboxylic acids is 1. The van der Waals surface area contributed by atoms with E-state index in [1.165, 1.54) is 11.1 Å². The molecule has 0 bridgehead atoms. The van der Waals surface area contributed by atoms with Crippen molar-refractivity contribution in [1.82, 2.24) is 15.1 Å². The molecule has 2 N–H and O–H groups in total. The summed E-state index contributed by atoms with van der Waals surface area (Å²) in [7, 11) is 0. The van der Waals surface area contributed by atoms with Crippen LogP contribution in [-0.2, 0) is 17.9 Å². The predicted molar refractivity (Wildman–Crippen MR) is 94.4 cm³/mol. The first-order valence-electron chi connectivity index (χ1n) is 8.82. The van der Waals surface area contributed by atoms with Crippen molar-refractivity contribution < 1.29 is 9.90 Å². The van der Waals surface area contributed by atoms with E-state index in [9.17, 15) is 9.90 Å². The van der Waals surface area contributed by atoms with Crippen molar-refractivity contribution in [2.45, 2.75) is 26.0 Å². The lowest BCUT2D eigenvalue weighted by atomic mass is 10.0. The molecule has 0 spiro atoms.